The van der Waals surface area contributed by atoms with Gasteiger partial charge in [-0.1, -0.05) is 30.3 Å². The van der Waals surface area contributed by atoms with Crippen LogP contribution in [0.5, 0.6) is 0 Å². The summed E-state index contributed by atoms with van der Waals surface area (Å²) in [5.41, 5.74) is 1.68. The first-order valence-electron chi connectivity index (χ1n) is 4.59. The molecule has 1 heterocycles. The molecular formula is C10H10ClN3O. The van der Waals surface area contributed by atoms with Gasteiger partial charge in [0.2, 0.25) is 0 Å². The molecule has 0 spiro atoms. The SMILES string of the molecule is ClCCNc1nonc1-c1ccccc1. The van der Waals surface area contributed by atoms with E-state index < -0.39 is 0 Å². The molecule has 2 aromatic rings. The summed E-state index contributed by atoms with van der Waals surface area (Å²) in [7, 11) is 0. The summed E-state index contributed by atoms with van der Waals surface area (Å²) < 4.78 is 4.69. The Kier molecular flexibility index (Phi) is 3.19. The van der Waals surface area contributed by atoms with Crippen LogP contribution in [0, 0.1) is 0 Å². The molecule has 0 amide bonds. The second kappa shape index (κ2) is 4.79. The quantitative estimate of drug-likeness (QED) is 0.809. The number of hydrogen-bond donors (Lipinski definition) is 1. The molecule has 0 radical (unpaired) electrons. The maximum Gasteiger partial charge on any atom is 0.199 e. The van der Waals surface area contributed by atoms with E-state index in [1.807, 2.05) is 30.3 Å². The number of aromatic nitrogens is 2. The molecule has 0 aliphatic carbocycles. The van der Waals surface area contributed by atoms with Gasteiger partial charge < -0.3 is 5.32 Å². The highest BCUT2D eigenvalue weighted by Gasteiger charge is 2.10. The monoisotopic (exact) mass is 223 g/mol. The van der Waals surface area contributed by atoms with Crippen molar-refractivity contribution in [1.29, 1.82) is 0 Å². The summed E-state index contributed by atoms with van der Waals surface area (Å²) in [4.78, 5) is 0. The minimum Gasteiger partial charge on any atom is -0.364 e. The highest BCUT2D eigenvalue weighted by Crippen LogP contribution is 2.23. The predicted molar refractivity (Wildman–Crippen MR) is 58.9 cm³/mol. The van der Waals surface area contributed by atoms with Crippen molar-refractivity contribution in [1.82, 2.24) is 10.3 Å². The van der Waals surface area contributed by atoms with Crippen LogP contribution in [0.25, 0.3) is 11.3 Å². The molecule has 0 saturated heterocycles. The van der Waals surface area contributed by atoms with Crippen molar-refractivity contribution in [3.63, 3.8) is 0 Å². The van der Waals surface area contributed by atoms with Gasteiger partial charge in [0.25, 0.3) is 0 Å². The van der Waals surface area contributed by atoms with Gasteiger partial charge in [0.15, 0.2) is 11.5 Å². The van der Waals surface area contributed by atoms with Crippen LogP contribution in [0.15, 0.2) is 35.0 Å². The molecule has 0 saturated carbocycles. The van der Waals surface area contributed by atoms with Crippen LogP contribution in [-0.4, -0.2) is 22.7 Å². The predicted octanol–water partition coefficient (Wildman–Crippen LogP) is 2.39. The summed E-state index contributed by atoms with van der Waals surface area (Å²) in [5, 5.41) is 10.7. The zero-order valence-electron chi connectivity index (χ0n) is 7.98. The molecule has 1 aromatic heterocycles. The number of benzene rings is 1. The van der Waals surface area contributed by atoms with E-state index in [2.05, 4.69) is 15.6 Å². The Morgan fingerprint density at radius 1 is 1.20 bits per heavy atom. The van der Waals surface area contributed by atoms with Crippen molar-refractivity contribution in [3.05, 3.63) is 30.3 Å². The highest BCUT2D eigenvalue weighted by molar-refractivity contribution is 6.18. The molecule has 0 aliphatic heterocycles. The largest absolute Gasteiger partial charge is 0.364 e. The fourth-order valence-corrected chi connectivity index (χ4v) is 1.35. The van der Waals surface area contributed by atoms with E-state index in [9.17, 15) is 0 Å². The minimum atomic E-state index is 0.515. The van der Waals surface area contributed by atoms with Crippen LogP contribution in [0.1, 0.15) is 0 Å². The average molecular weight is 224 g/mol. The van der Waals surface area contributed by atoms with Gasteiger partial charge in [0, 0.05) is 18.0 Å². The lowest BCUT2D eigenvalue weighted by molar-refractivity contribution is 0.310. The van der Waals surface area contributed by atoms with E-state index in [1.54, 1.807) is 0 Å². The first-order valence-corrected chi connectivity index (χ1v) is 5.13. The number of hydrogen-bond acceptors (Lipinski definition) is 4. The zero-order valence-corrected chi connectivity index (χ0v) is 8.74. The topological polar surface area (TPSA) is 51.0 Å². The molecule has 1 aromatic carbocycles. The van der Waals surface area contributed by atoms with Gasteiger partial charge in [-0.15, -0.1) is 11.6 Å². The van der Waals surface area contributed by atoms with Crippen molar-refractivity contribution in [2.75, 3.05) is 17.7 Å². The summed E-state index contributed by atoms with van der Waals surface area (Å²) in [5.74, 6) is 1.14. The Labute approximate surface area is 92.2 Å². The minimum absolute atomic E-state index is 0.515. The molecule has 1 N–H and O–H groups in total. The van der Waals surface area contributed by atoms with E-state index in [4.69, 9.17) is 16.2 Å². The summed E-state index contributed by atoms with van der Waals surface area (Å²) in [6.07, 6.45) is 0. The third-order valence-corrected chi connectivity index (χ3v) is 2.11. The molecule has 5 heteroatoms. The van der Waals surface area contributed by atoms with Crippen LogP contribution in [0.2, 0.25) is 0 Å². The third kappa shape index (κ3) is 2.27. The van der Waals surface area contributed by atoms with Crippen molar-refractivity contribution in [2.45, 2.75) is 0 Å². The Balaban J connectivity index is 2.25. The van der Waals surface area contributed by atoms with Gasteiger partial charge in [-0.25, -0.2) is 4.63 Å². The summed E-state index contributed by atoms with van der Waals surface area (Å²) >= 11 is 5.58. The first-order chi connectivity index (χ1) is 7.42. The summed E-state index contributed by atoms with van der Waals surface area (Å²) in [6.45, 7) is 0.635. The van der Waals surface area contributed by atoms with Crippen LogP contribution < -0.4 is 5.32 Å². The molecule has 0 atom stereocenters. The van der Waals surface area contributed by atoms with Crippen LogP contribution in [0.3, 0.4) is 0 Å². The van der Waals surface area contributed by atoms with Crippen LogP contribution in [0.4, 0.5) is 5.82 Å². The molecule has 0 fully saturated rings. The van der Waals surface area contributed by atoms with E-state index in [1.165, 1.54) is 0 Å². The summed E-state index contributed by atoms with van der Waals surface area (Å²) in [6, 6.07) is 9.73. The third-order valence-electron chi connectivity index (χ3n) is 1.92. The fourth-order valence-electron chi connectivity index (χ4n) is 1.26. The second-order valence-electron chi connectivity index (χ2n) is 2.94. The molecule has 78 valence electrons. The second-order valence-corrected chi connectivity index (χ2v) is 3.32. The van der Waals surface area contributed by atoms with Crippen molar-refractivity contribution >= 4 is 17.4 Å². The van der Waals surface area contributed by atoms with E-state index in [0.717, 1.165) is 5.56 Å². The lowest BCUT2D eigenvalue weighted by atomic mass is 10.1. The van der Waals surface area contributed by atoms with Crippen molar-refractivity contribution in [3.8, 4) is 11.3 Å². The normalized spacial score (nSPS) is 10.2. The molecule has 2 rings (SSSR count). The first kappa shape index (κ1) is 9.98. The maximum absolute atomic E-state index is 5.58. The Hall–Kier alpha value is -1.55. The van der Waals surface area contributed by atoms with E-state index in [0.29, 0.717) is 23.9 Å². The zero-order chi connectivity index (χ0) is 10.5. The number of anilines is 1. The van der Waals surface area contributed by atoms with Gasteiger partial charge in [0.05, 0.1) is 0 Å². The van der Waals surface area contributed by atoms with Gasteiger partial charge in [0.1, 0.15) is 0 Å². The fraction of sp³-hybridized carbons (Fsp3) is 0.200. The van der Waals surface area contributed by atoms with E-state index in [-0.39, 0.29) is 0 Å². The van der Waals surface area contributed by atoms with Crippen molar-refractivity contribution in [2.24, 2.45) is 0 Å². The van der Waals surface area contributed by atoms with E-state index >= 15 is 0 Å². The molecule has 15 heavy (non-hydrogen) atoms. The molecule has 0 bridgehead atoms. The van der Waals surface area contributed by atoms with Gasteiger partial charge in [-0.3, -0.25) is 0 Å². The Morgan fingerprint density at radius 2 is 2.00 bits per heavy atom. The highest BCUT2D eigenvalue weighted by atomic mass is 35.5. The number of alkyl halides is 1. The molecule has 0 aliphatic rings. The lowest BCUT2D eigenvalue weighted by Gasteiger charge is -2.00. The Morgan fingerprint density at radius 3 is 2.73 bits per heavy atom. The smallest absolute Gasteiger partial charge is 0.199 e. The lowest BCUT2D eigenvalue weighted by Crippen LogP contribution is -2.03. The van der Waals surface area contributed by atoms with Crippen LogP contribution >= 0.6 is 11.6 Å². The number of nitrogens with zero attached hydrogens (tertiary/aromatic N) is 2. The number of nitrogens with one attached hydrogen (secondary N) is 1. The molecule has 4 nitrogen and oxygen atoms in total. The maximum atomic E-state index is 5.58. The van der Waals surface area contributed by atoms with Gasteiger partial charge in [-0.2, -0.15) is 0 Å². The van der Waals surface area contributed by atoms with Crippen molar-refractivity contribution < 1.29 is 4.63 Å². The van der Waals surface area contributed by atoms with Gasteiger partial charge >= 0.3 is 0 Å². The average Bonchev–Trinajstić information content (AvgIpc) is 2.75. The number of halogens is 1. The van der Waals surface area contributed by atoms with Gasteiger partial charge in [-0.05, 0) is 10.3 Å². The number of rotatable bonds is 4. The standard InChI is InChI=1S/C10H10ClN3O/c11-6-7-12-10-9(13-15-14-10)8-4-2-1-3-5-8/h1-5H,6-7H2,(H,12,14). The molecule has 0 unspecified atom stereocenters. The molecular weight excluding hydrogens is 214 g/mol. The van der Waals surface area contributed by atoms with Crippen LogP contribution in [-0.2, 0) is 0 Å². The Bertz CT molecular complexity index is 416.